The van der Waals surface area contributed by atoms with Crippen LogP contribution in [-0.2, 0) is 0 Å². The summed E-state index contributed by atoms with van der Waals surface area (Å²) >= 11 is 7.04. The number of thiocarbonyl (C=S) groups is 1. The Morgan fingerprint density at radius 3 is 3.06 bits per heavy atom. The first-order chi connectivity index (χ1) is 8.16. The second kappa shape index (κ2) is 5.69. The number of anilines is 1. The standard InChI is InChI=1S/C12H17N3S2/c1-8-4-5-10(11(13)16)12(14-8)15-9-3-2-6-17-7-9/h4-5,9H,2-3,6-7H2,1H3,(H2,13,16)(H,14,15). The van der Waals surface area contributed by atoms with Gasteiger partial charge in [0.15, 0.2) is 0 Å². The molecule has 1 unspecified atom stereocenters. The topological polar surface area (TPSA) is 50.9 Å². The van der Waals surface area contributed by atoms with Crippen LogP contribution in [0.15, 0.2) is 12.1 Å². The van der Waals surface area contributed by atoms with Crippen molar-refractivity contribution in [1.82, 2.24) is 4.98 Å². The number of hydrogen-bond acceptors (Lipinski definition) is 4. The zero-order valence-corrected chi connectivity index (χ0v) is 11.5. The van der Waals surface area contributed by atoms with Crippen molar-refractivity contribution >= 4 is 34.8 Å². The molecule has 1 aromatic heterocycles. The summed E-state index contributed by atoms with van der Waals surface area (Å²) in [6, 6.07) is 4.37. The number of nitrogens with zero attached hydrogens (tertiary/aromatic N) is 1. The van der Waals surface area contributed by atoms with E-state index in [1.807, 2.05) is 30.8 Å². The minimum absolute atomic E-state index is 0.406. The Bertz CT molecular complexity index is 414. The third kappa shape index (κ3) is 3.33. The van der Waals surface area contributed by atoms with Gasteiger partial charge in [0.1, 0.15) is 10.8 Å². The highest BCUT2D eigenvalue weighted by Crippen LogP contribution is 2.22. The largest absolute Gasteiger partial charge is 0.389 e. The molecule has 2 heterocycles. The molecule has 2 rings (SSSR count). The molecule has 1 aliphatic heterocycles. The Labute approximate surface area is 112 Å². The van der Waals surface area contributed by atoms with E-state index in [0.29, 0.717) is 11.0 Å². The lowest BCUT2D eigenvalue weighted by Crippen LogP contribution is -2.28. The van der Waals surface area contributed by atoms with Gasteiger partial charge >= 0.3 is 0 Å². The van der Waals surface area contributed by atoms with Crippen LogP contribution in [0.4, 0.5) is 5.82 Å². The number of nitrogens with two attached hydrogens (primary N) is 1. The molecule has 3 N–H and O–H groups in total. The summed E-state index contributed by atoms with van der Waals surface area (Å²) in [5, 5.41) is 3.47. The Morgan fingerprint density at radius 2 is 2.41 bits per heavy atom. The van der Waals surface area contributed by atoms with Crippen molar-refractivity contribution in [3.05, 3.63) is 23.4 Å². The average Bonchev–Trinajstić information content (AvgIpc) is 2.30. The number of nitrogens with one attached hydrogen (secondary N) is 1. The molecule has 0 bridgehead atoms. The average molecular weight is 267 g/mol. The number of aryl methyl sites for hydroxylation is 1. The van der Waals surface area contributed by atoms with Gasteiger partial charge in [0.05, 0.1) is 5.56 Å². The third-order valence-electron chi connectivity index (χ3n) is 2.80. The van der Waals surface area contributed by atoms with Crippen molar-refractivity contribution < 1.29 is 0 Å². The molecule has 0 saturated carbocycles. The highest BCUT2D eigenvalue weighted by molar-refractivity contribution is 7.99. The number of pyridine rings is 1. The highest BCUT2D eigenvalue weighted by Gasteiger charge is 2.16. The lowest BCUT2D eigenvalue weighted by Gasteiger charge is -2.24. The van der Waals surface area contributed by atoms with Crippen LogP contribution in [0.5, 0.6) is 0 Å². The van der Waals surface area contributed by atoms with E-state index in [1.165, 1.54) is 18.6 Å². The van der Waals surface area contributed by atoms with Gasteiger partial charge in [-0.15, -0.1) is 0 Å². The van der Waals surface area contributed by atoms with Crippen LogP contribution in [-0.4, -0.2) is 27.5 Å². The van der Waals surface area contributed by atoms with Gasteiger partial charge in [-0.2, -0.15) is 11.8 Å². The van der Waals surface area contributed by atoms with Gasteiger partial charge in [0.25, 0.3) is 0 Å². The summed E-state index contributed by atoms with van der Waals surface area (Å²) in [5.41, 5.74) is 7.55. The first kappa shape index (κ1) is 12.6. The predicted octanol–water partition coefficient (Wildman–Crippen LogP) is 2.33. The molecule has 0 spiro atoms. The minimum Gasteiger partial charge on any atom is -0.389 e. The molecule has 1 aliphatic rings. The van der Waals surface area contributed by atoms with E-state index >= 15 is 0 Å². The van der Waals surface area contributed by atoms with Gasteiger partial charge < -0.3 is 11.1 Å². The van der Waals surface area contributed by atoms with Crippen molar-refractivity contribution in [2.45, 2.75) is 25.8 Å². The van der Waals surface area contributed by atoms with Crippen molar-refractivity contribution in [2.24, 2.45) is 5.73 Å². The van der Waals surface area contributed by atoms with Crippen LogP contribution < -0.4 is 11.1 Å². The lowest BCUT2D eigenvalue weighted by atomic mass is 10.1. The Hall–Kier alpha value is -0.810. The molecule has 17 heavy (non-hydrogen) atoms. The maximum atomic E-state index is 5.72. The van der Waals surface area contributed by atoms with Crippen LogP contribution >= 0.6 is 24.0 Å². The molecule has 5 heteroatoms. The Balaban J connectivity index is 2.17. The van der Waals surface area contributed by atoms with Crippen LogP contribution in [0.1, 0.15) is 24.1 Å². The van der Waals surface area contributed by atoms with Gasteiger partial charge in [-0.25, -0.2) is 4.98 Å². The second-order valence-corrected chi connectivity index (χ2v) is 5.86. The second-order valence-electron chi connectivity index (χ2n) is 4.27. The number of thioether (sulfide) groups is 1. The zero-order valence-electron chi connectivity index (χ0n) is 9.90. The molecule has 1 saturated heterocycles. The molecule has 0 aliphatic carbocycles. The first-order valence-corrected chi connectivity index (χ1v) is 7.35. The normalized spacial score (nSPS) is 19.9. The fourth-order valence-electron chi connectivity index (χ4n) is 1.91. The van der Waals surface area contributed by atoms with Crippen LogP contribution in [0, 0.1) is 6.92 Å². The number of hydrogen-bond donors (Lipinski definition) is 2. The van der Waals surface area contributed by atoms with Crippen molar-refractivity contribution in [2.75, 3.05) is 16.8 Å². The highest BCUT2D eigenvalue weighted by atomic mass is 32.2. The number of aromatic nitrogens is 1. The van der Waals surface area contributed by atoms with Crippen molar-refractivity contribution in [3.63, 3.8) is 0 Å². The maximum absolute atomic E-state index is 5.72. The van der Waals surface area contributed by atoms with E-state index in [4.69, 9.17) is 18.0 Å². The van der Waals surface area contributed by atoms with Crippen LogP contribution in [0.3, 0.4) is 0 Å². The minimum atomic E-state index is 0.406. The summed E-state index contributed by atoms with van der Waals surface area (Å²) in [5.74, 6) is 3.23. The van der Waals surface area contributed by atoms with Gasteiger partial charge in [-0.3, -0.25) is 0 Å². The zero-order chi connectivity index (χ0) is 12.3. The molecular formula is C12H17N3S2. The lowest BCUT2D eigenvalue weighted by molar-refractivity contribution is 0.682. The fourth-order valence-corrected chi connectivity index (χ4v) is 3.15. The van der Waals surface area contributed by atoms with E-state index in [0.717, 1.165) is 22.8 Å². The predicted molar refractivity (Wildman–Crippen MR) is 78.8 cm³/mol. The van der Waals surface area contributed by atoms with E-state index in [9.17, 15) is 0 Å². The molecule has 1 fully saturated rings. The third-order valence-corrected chi connectivity index (χ3v) is 4.24. The smallest absolute Gasteiger partial charge is 0.136 e. The molecule has 3 nitrogen and oxygen atoms in total. The molecule has 1 aromatic rings. The molecule has 92 valence electrons. The maximum Gasteiger partial charge on any atom is 0.136 e. The van der Waals surface area contributed by atoms with E-state index in [-0.39, 0.29) is 0 Å². The molecule has 0 radical (unpaired) electrons. The van der Waals surface area contributed by atoms with Gasteiger partial charge in [0.2, 0.25) is 0 Å². The summed E-state index contributed by atoms with van der Waals surface area (Å²) in [7, 11) is 0. The molecule has 0 amide bonds. The Morgan fingerprint density at radius 1 is 1.59 bits per heavy atom. The van der Waals surface area contributed by atoms with E-state index in [2.05, 4.69) is 10.3 Å². The van der Waals surface area contributed by atoms with Crippen molar-refractivity contribution in [3.8, 4) is 0 Å². The SMILES string of the molecule is Cc1ccc(C(N)=S)c(NC2CCCSC2)n1. The summed E-state index contributed by atoms with van der Waals surface area (Å²) in [6.45, 7) is 1.98. The summed E-state index contributed by atoms with van der Waals surface area (Å²) in [4.78, 5) is 4.91. The molecule has 1 atom stereocenters. The number of rotatable bonds is 3. The summed E-state index contributed by atoms with van der Waals surface area (Å²) in [6.07, 6.45) is 2.45. The monoisotopic (exact) mass is 267 g/mol. The van der Waals surface area contributed by atoms with Crippen LogP contribution in [0.2, 0.25) is 0 Å². The van der Waals surface area contributed by atoms with Gasteiger partial charge in [0, 0.05) is 17.5 Å². The quantitative estimate of drug-likeness (QED) is 0.823. The molecular weight excluding hydrogens is 250 g/mol. The van der Waals surface area contributed by atoms with Gasteiger partial charge in [-0.1, -0.05) is 12.2 Å². The van der Waals surface area contributed by atoms with E-state index in [1.54, 1.807) is 0 Å². The van der Waals surface area contributed by atoms with Gasteiger partial charge in [-0.05, 0) is 37.7 Å². The molecule has 0 aromatic carbocycles. The van der Waals surface area contributed by atoms with E-state index < -0.39 is 0 Å². The van der Waals surface area contributed by atoms with Crippen molar-refractivity contribution in [1.29, 1.82) is 0 Å². The van der Waals surface area contributed by atoms with Crippen LogP contribution in [0.25, 0.3) is 0 Å². The summed E-state index contributed by atoms with van der Waals surface area (Å²) < 4.78 is 0. The first-order valence-electron chi connectivity index (χ1n) is 5.78. The Kier molecular flexibility index (Phi) is 4.23. The fraction of sp³-hybridized carbons (Fsp3) is 0.500.